The molecule has 0 saturated carbocycles. The third kappa shape index (κ3) is 1.87. The normalized spacial score (nSPS) is 16.5. The van der Waals surface area contributed by atoms with Crippen LogP contribution in [0, 0.1) is 13.8 Å². The lowest BCUT2D eigenvalue weighted by molar-refractivity contribution is 0.629. The quantitative estimate of drug-likeness (QED) is 0.521. The van der Waals surface area contributed by atoms with E-state index in [2.05, 4.69) is 98.2 Å². The van der Waals surface area contributed by atoms with Crippen molar-refractivity contribution in [3.05, 3.63) is 82.9 Å². The van der Waals surface area contributed by atoms with E-state index in [-0.39, 0.29) is 5.41 Å². The van der Waals surface area contributed by atoms with Gasteiger partial charge in [-0.2, -0.15) is 0 Å². The molecule has 0 aliphatic carbocycles. The minimum Gasteiger partial charge on any atom is -0.320 e. The molecule has 0 spiro atoms. The lowest BCUT2D eigenvalue weighted by Crippen LogP contribution is -2.33. The monoisotopic (exact) mass is 340 g/mol. The fourth-order valence-corrected chi connectivity index (χ4v) is 4.83. The van der Waals surface area contributed by atoms with E-state index in [1.807, 2.05) is 0 Å². The van der Waals surface area contributed by atoms with Crippen LogP contribution in [0.25, 0.3) is 0 Å². The van der Waals surface area contributed by atoms with Gasteiger partial charge in [0, 0.05) is 16.8 Å². The number of anilines is 4. The van der Waals surface area contributed by atoms with Gasteiger partial charge < -0.3 is 9.80 Å². The van der Waals surface area contributed by atoms with Gasteiger partial charge in [-0.3, -0.25) is 0 Å². The van der Waals surface area contributed by atoms with Gasteiger partial charge in [0.1, 0.15) is 6.67 Å². The number of fused-ring (bicyclic) bond motifs is 2. The number of rotatable bonds is 1. The number of nitrogens with zero attached hydrogens (tertiary/aromatic N) is 2. The van der Waals surface area contributed by atoms with Crippen molar-refractivity contribution in [3.8, 4) is 0 Å². The highest BCUT2D eigenvalue weighted by molar-refractivity contribution is 5.94. The molecule has 2 heterocycles. The van der Waals surface area contributed by atoms with E-state index < -0.39 is 0 Å². The minimum absolute atomic E-state index is 0.00915. The summed E-state index contributed by atoms with van der Waals surface area (Å²) in [6.07, 6.45) is 0. The summed E-state index contributed by atoms with van der Waals surface area (Å²) in [4.78, 5) is 4.98. The van der Waals surface area contributed by atoms with Crippen LogP contribution in [0.4, 0.5) is 22.7 Å². The Morgan fingerprint density at radius 1 is 0.654 bits per heavy atom. The molecule has 2 aliphatic heterocycles. The molecule has 0 fully saturated rings. The maximum Gasteiger partial charge on any atom is 0.100 e. The lowest BCUT2D eigenvalue weighted by Gasteiger charge is -2.39. The summed E-state index contributed by atoms with van der Waals surface area (Å²) in [6, 6.07) is 22.2. The molecule has 0 saturated heterocycles. The number of hydrogen-bond donors (Lipinski definition) is 0. The van der Waals surface area contributed by atoms with Crippen LogP contribution in [0.1, 0.15) is 36.1 Å². The fourth-order valence-electron chi connectivity index (χ4n) is 4.83. The SMILES string of the molecule is Cc1cccc(C)c1N1CN2c3ccccc3C(C)(C)c3cccc1c32. The Bertz CT molecular complexity index is 1010. The summed E-state index contributed by atoms with van der Waals surface area (Å²) in [7, 11) is 0. The molecule has 3 aromatic rings. The van der Waals surface area contributed by atoms with E-state index in [4.69, 9.17) is 0 Å². The van der Waals surface area contributed by atoms with Gasteiger partial charge in [-0.15, -0.1) is 0 Å². The second-order valence-electron chi connectivity index (χ2n) is 8.05. The van der Waals surface area contributed by atoms with Crippen LogP contribution < -0.4 is 9.80 Å². The molecule has 0 bridgehead atoms. The van der Waals surface area contributed by atoms with Crippen molar-refractivity contribution in [3.63, 3.8) is 0 Å². The summed E-state index contributed by atoms with van der Waals surface area (Å²) in [5.74, 6) is 0. The zero-order valence-electron chi connectivity index (χ0n) is 15.9. The van der Waals surface area contributed by atoms with Gasteiger partial charge in [0.25, 0.3) is 0 Å². The molecule has 2 heteroatoms. The summed E-state index contributed by atoms with van der Waals surface area (Å²) in [5, 5.41) is 0. The van der Waals surface area contributed by atoms with E-state index in [9.17, 15) is 0 Å². The van der Waals surface area contributed by atoms with Crippen LogP contribution in [0.15, 0.2) is 60.7 Å². The molecule has 0 radical (unpaired) electrons. The molecule has 130 valence electrons. The first-order valence-electron chi connectivity index (χ1n) is 9.34. The van der Waals surface area contributed by atoms with E-state index >= 15 is 0 Å². The highest BCUT2D eigenvalue weighted by Gasteiger charge is 2.42. The van der Waals surface area contributed by atoms with E-state index in [0.29, 0.717) is 0 Å². The molecular weight excluding hydrogens is 316 g/mol. The van der Waals surface area contributed by atoms with Gasteiger partial charge in [-0.1, -0.05) is 62.4 Å². The highest BCUT2D eigenvalue weighted by atomic mass is 15.4. The van der Waals surface area contributed by atoms with Gasteiger partial charge in [0.15, 0.2) is 0 Å². The molecule has 0 aromatic heterocycles. The summed E-state index contributed by atoms with van der Waals surface area (Å²) < 4.78 is 0. The van der Waals surface area contributed by atoms with Crippen LogP contribution in [-0.2, 0) is 5.41 Å². The number of benzene rings is 3. The Labute approximate surface area is 155 Å². The molecule has 0 N–H and O–H groups in total. The molecule has 0 unspecified atom stereocenters. The van der Waals surface area contributed by atoms with E-state index in [1.165, 1.54) is 45.0 Å². The summed E-state index contributed by atoms with van der Waals surface area (Å²) in [5.41, 5.74) is 10.9. The minimum atomic E-state index is 0.00915. The first-order valence-corrected chi connectivity index (χ1v) is 9.34. The average Bonchev–Trinajstić information content (AvgIpc) is 3.00. The first-order chi connectivity index (χ1) is 12.5. The first kappa shape index (κ1) is 15.5. The Morgan fingerprint density at radius 2 is 1.23 bits per heavy atom. The van der Waals surface area contributed by atoms with Crippen molar-refractivity contribution in [2.75, 3.05) is 16.5 Å². The third-order valence-electron chi connectivity index (χ3n) is 6.11. The third-order valence-corrected chi connectivity index (χ3v) is 6.11. The fraction of sp³-hybridized carbons (Fsp3) is 0.250. The topological polar surface area (TPSA) is 6.48 Å². The number of hydrogen-bond acceptors (Lipinski definition) is 2. The van der Waals surface area contributed by atoms with Crippen LogP contribution in [-0.4, -0.2) is 6.67 Å². The standard InChI is InChI=1S/C24H24N2/c1-16-9-7-10-17(2)22(16)26-15-25-20-13-6-5-11-18(20)24(3,4)19-12-8-14-21(26)23(19)25/h5-14H,15H2,1-4H3. The second kappa shape index (κ2) is 5.14. The van der Waals surface area contributed by atoms with Crippen molar-refractivity contribution >= 4 is 22.7 Å². The van der Waals surface area contributed by atoms with E-state index in [0.717, 1.165) is 6.67 Å². The van der Waals surface area contributed by atoms with Crippen LogP contribution >= 0.6 is 0 Å². The van der Waals surface area contributed by atoms with Gasteiger partial charge in [-0.25, -0.2) is 0 Å². The van der Waals surface area contributed by atoms with Crippen LogP contribution in [0.3, 0.4) is 0 Å². The lowest BCUT2D eigenvalue weighted by atomic mass is 9.74. The number of aryl methyl sites for hydroxylation is 2. The molecule has 26 heavy (non-hydrogen) atoms. The van der Waals surface area contributed by atoms with Crippen molar-refractivity contribution in [1.29, 1.82) is 0 Å². The van der Waals surface area contributed by atoms with Crippen LogP contribution in [0.5, 0.6) is 0 Å². The van der Waals surface area contributed by atoms with E-state index in [1.54, 1.807) is 0 Å². The Morgan fingerprint density at radius 3 is 2.00 bits per heavy atom. The van der Waals surface area contributed by atoms with Crippen molar-refractivity contribution in [2.24, 2.45) is 0 Å². The molecule has 0 atom stereocenters. The Hall–Kier alpha value is -2.74. The van der Waals surface area contributed by atoms with Gasteiger partial charge in [0.05, 0.1) is 11.4 Å². The average molecular weight is 340 g/mol. The smallest absolute Gasteiger partial charge is 0.100 e. The summed E-state index contributed by atoms with van der Waals surface area (Å²) >= 11 is 0. The molecule has 2 nitrogen and oxygen atoms in total. The maximum atomic E-state index is 2.50. The second-order valence-corrected chi connectivity index (χ2v) is 8.05. The molecular formula is C24H24N2. The van der Waals surface area contributed by atoms with Crippen molar-refractivity contribution in [2.45, 2.75) is 33.1 Å². The van der Waals surface area contributed by atoms with Gasteiger partial charge in [-0.05, 0) is 48.2 Å². The van der Waals surface area contributed by atoms with Gasteiger partial charge in [0.2, 0.25) is 0 Å². The highest BCUT2D eigenvalue weighted by Crippen LogP contribution is 2.56. The van der Waals surface area contributed by atoms with Crippen LogP contribution in [0.2, 0.25) is 0 Å². The Kier molecular flexibility index (Phi) is 3.06. The molecule has 5 rings (SSSR count). The van der Waals surface area contributed by atoms with Gasteiger partial charge >= 0.3 is 0 Å². The zero-order valence-corrected chi connectivity index (χ0v) is 15.9. The predicted molar refractivity (Wildman–Crippen MR) is 110 cm³/mol. The maximum absolute atomic E-state index is 2.50. The largest absolute Gasteiger partial charge is 0.320 e. The molecule has 0 amide bonds. The Balaban J connectivity index is 1.79. The molecule has 3 aromatic carbocycles. The molecule has 2 aliphatic rings. The summed E-state index contributed by atoms with van der Waals surface area (Å²) in [6.45, 7) is 9.99. The number of para-hydroxylation sites is 3. The van der Waals surface area contributed by atoms with Crippen molar-refractivity contribution in [1.82, 2.24) is 0 Å². The van der Waals surface area contributed by atoms with Crippen molar-refractivity contribution < 1.29 is 0 Å². The predicted octanol–water partition coefficient (Wildman–Crippen LogP) is 6.19. The zero-order chi connectivity index (χ0) is 18.1.